The van der Waals surface area contributed by atoms with E-state index in [4.69, 9.17) is 5.26 Å². The molecular weight excluding hydrogens is 309 g/mol. The molecule has 22 heavy (non-hydrogen) atoms. The second kappa shape index (κ2) is 6.36. The molecule has 0 fully saturated rings. The highest BCUT2D eigenvalue weighted by atomic mass is 32.3. The molecule has 0 unspecified atom stereocenters. The quantitative estimate of drug-likeness (QED) is 0.847. The Morgan fingerprint density at radius 3 is 2.59 bits per heavy atom. The summed E-state index contributed by atoms with van der Waals surface area (Å²) in [7, 11) is -5.12. The summed E-state index contributed by atoms with van der Waals surface area (Å²) in [6.07, 6.45) is 1.14. The van der Waals surface area contributed by atoms with E-state index in [0.29, 0.717) is 10.8 Å². The van der Waals surface area contributed by atoms with Crippen LogP contribution in [-0.2, 0) is 10.4 Å². The number of aromatic nitrogens is 2. The van der Waals surface area contributed by atoms with Gasteiger partial charge < -0.3 is 5.32 Å². The maximum absolute atomic E-state index is 13.7. The van der Waals surface area contributed by atoms with E-state index in [0.717, 1.165) is 6.20 Å². The molecule has 0 aliphatic rings. The molecule has 2 aromatic rings. The van der Waals surface area contributed by atoms with Gasteiger partial charge in [-0.15, -0.1) is 0 Å². The first-order chi connectivity index (χ1) is 10.5. The fourth-order valence-electron chi connectivity index (χ4n) is 1.76. The van der Waals surface area contributed by atoms with Gasteiger partial charge in [-0.05, 0) is 19.1 Å². The first-order valence-corrected chi connectivity index (χ1v) is 7.62. The first-order valence-electron chi connectivity index (χ1n) is 6.28. The molecule has 1 heterocycles. The fraction of sp³-hybridized carbons (Fsp3) is 0.154. The topological polar surface area (TPSA) is 99.0 Å². The predicted molar refractivity (Wildman–Crippen MR) is 79.5 cm³/mol. The van der Waals surface area contributed by atoms with Crippen molar-refractivity contribution >= 4 is 27.9 Å². The van der Waals surface area contributed by atoms with Crippen LogP contribution in [0.2, 0.25) is 0 Å². The monoisotopic (exact) mass is 321 g/mol. The minimum Gasteiger partial charge on any atom is -0.369 e. The number of rotatable bonds is 5. The van der Waals surface area contributed by atoms with Crippen LogP contribution in [0, 0.1) is 11.3 Å². The lowest BCUT2D eigenvalue weighted by Crippen LogP contribution is -2.24. The summed E-state index contributed by atoms with van der Waals surface area (Å²) in [5, 5.41) is 11.8. The third-order valence-corrected chi connectivity index (χ3v) is 3.44. The number of anilines is 3. The van der Waals surface area contributed by atoms with Gasteiger partial charge in [-0.25, -0.2) is 4.98 Å². The summed E-state index contributed by atoms with van der Waals surface area (Å²) in [5.41, 5.74) is 0.187. The summed E-state index contributed by atoms with van der Waals surface area (Å²) < 4.78 is 36.9. The van der Waals surface area contributed by atoms with Gasteiger partial charge in [0.05, 0.1) is 11.9 Å². The highest BCUT2D eigenvalue weighted by molar-refractivity contribution is 7.88. The number of nitrogens with one attached hydrogen (secondary N) is 1. The Balaban J connectivity index is 2.59. The van der Waals surface area contributed by atoms with Crippen LogP contribution in [0.15, 0.2) is 36.5 Å². The number of nitrogens with zero attached hydrogens (tertiary/aromatic N) is 4. The van der Waals surface area contributed by atoms with E-state index < -0.39 is 10.4 Å². The van der Waals surface area contributed by atoms with Gasteiger partial charge in [0.15, 0.2) is 0 Å². The van der Waals surface area contributed by atoms with E-state index in [1.54, 1.807) is 25.1 Å². The second-order valence-corrected chi connectivity index (χ2v) is 5.31. The largest absolute Gasteiger partial charge is 0.406 e. The van der Waals surface area contributed by atoms with Gasteiger partial charge in [0.1, 0.15) is 17.5 Å². The summed E-state index contributed by atoms with van der Waals surface area (Å²) in [6.45, 7) is 2.24. The lowest BCUT2D eigenvalue weighted by Gasteiger charge is -2.18. The van der Waals surface area contributed by atoms with Crippen molar-refractivity contribution < 1.29 is 12.3 Å². The lowest BCUT2D eigenvalue weighted by atomic mass is 10.3. The van der Waals surface area contributed by atoms with Crippen molar-refractivity contribution in [2.24, 2.45) is 0 Å². The van der Waals surface area contributed by atoms with Crippen molar-refractivity contribution in [2.45, 2.75) is 6.92 Å². The van der Waals surface area contributed by atoms with E-state index in [9.17, 15) is 12.3 Å². The standard InChI is InChI=1S/C13H12FN5O2S/c1-2-16-12-10(8-15)9-17-13(18-12)19(22(14,20)21)11-6-4-3-5-7-11/h3-7,9H,2H2,1H3,(H,16,17,18). The molecule has 0 spiro atoms. The average Bonchev–Trinajstić information content (AvgIpc) is 2.48. The third kappa shape index (κ3) is 3.29. The van der Waals surface area contributed by atoms with Crippen LogP contribution in [0.1, 0.15) is 12.5 Å². The van der Waals surface area contributed by atoms with Gasteiger partial charge >= 0.3 is 10.4 Å². The summed E-state index contributed by atoms with van der Waals surface area (Å²) in [5.74, 6) is -0.247. The lowest BCUT2D eigenvalue weighted by molar-refractivity contribution is 0.551. The second-order valence-electron chi connectivity index (χ2n) is 4.12. The molecule has 0 atom stereocenters. The average molecular weight is 321 g/mol. The number of hydrogen-bond acceptors (Lipinski definition) is 6. The molecule has 2 rings (SSSR count). The van der Waals surface area contributed by atoms with Crippen LogP contribution in [0.25, 0.3) is 0 Å². The van der Waals surface area contributed by atoms with E-state index in [1.165, 1.54) is 12.1 Å². The molecule has 0 aliphatic carbocycles. The van der Waals surface area contributed by atoms with Crippen LogP contribution in [-0.4, -0.2) is 24.9 Å². The van der Waals surface area contributed by atoms with Crippen LogP contribution in [0.5, 0.6) is 0 Å². The zero-order valence-corrected chi connectivity index (χ0v) is 12.4. The first kappa shape index (κ1) is 15.7. The minimum atomic E-state index is -5.12. The van der Waals surface area contributed by atoms with Gasteiger partial charge in [-0.1, -0.05) is 22.1 Å². The fourth-order valence-corrected chi connectivity index (χ4v) is 2.41. The van der Waals surface area contributed by atoms with Crippen LogP contribution < -0.4 is 9.62 Å². The highest BCUT2D eigenvalue weighted by Gasteiger charge is 2.27. The predicted octanol–water partition coefficient (Wildman–Crippen LogP) is 2.13. The SMILES string of the molecule is CCNc1nc(N(c2ccccc2)S(=O)(=O)F)ncc1C#N. The summed E-state index contributed by atoms with van der Waals surface area (Å²) in [4.78, 5) is 7.71. The van der Waals surface area contributed by atoms with Crippen LogP contribution in [0.4, 0.5) is 21.3 Å². The van der Waals surface area contributed by atoms with E-state index >= 15 is 0 Å². The molecule has 0 saturated carbocycles. The van der Waals surface area contributed by atoms with Crippen molar-refractivity contribution in [3.8, 4) is 6.07 Å². The van der Waals surface area contributed by atoms with Crippen LogP contribution in [0.3, 0.4) is 0 Å². The van der Waals surface area contributed by atoms with Crippen molar-refractivity contribution in [3.05, 3.63) is 42.1 Å². The number of hydrogen-bond donors (Lipinski definition) is 1. The van der Waals surface area contributed by atoms with Crippen molar-refractivity contribution in [1.82, 2.24) is 9.97 Å². The maximum Gasteiger partial charge on any atom is 0.406 e. The summed E-state index contributed by atoms with van der Waals surface area (Å²) >= 11 is 0. The molecule has 9 heteroatoms. The van der Waals surface area contributed by atoms with Gasteiger partial charge in [0.2, 0.25) is 5.95 Å². The molecule has 0 aliphatic heterocycles. The molecular formula is C13H12FN5O2S. The van der Waals surface area contributed by atoms with Crippen molar-refractivity contribution in [1.29, 1.82) is 5.26 Å². The van der Waals surface area contributed by atoms with Crippen LogP contribution >= 0.6 is 0 Å². The number of halogens is 1. The van der Waals surface area contributed by atoms with Gasteiger partial charge in [0, 0.05) is 6.54 Å². The Morgan fingerprint density at radius 2 is 2.05 bits per heavy atom. The highest BCUT2D eigenvalue weighted by Crippen LogP contribution is 2.27. The Labute approximate surface area is 127 Å². The molecule has 114 valence electrons. The number of para-hydroxylation sites is 1. The normalized spacial score (nSPS) is 10.8. The van der Waals surface area contributed by atoms with E-state index in [1.807, 2.05) is 6.07 Å². The zero-order chi connectivity index (χ0) is 16.2. The molecule has 0 amide bonds. The smallest absolute Gasteiger partial charge is 0.369 e. The Hall–Kier alpha value is -2.73. The van der Waals surface area contributed by atoms with Gasteiger partial charge in [-0.3, -0.25) is 0 Å². The molecule has 1 aromatic carbocycles. The van der Waals surface area contributed by atoms with Gasteiger partial charge in [-0.2, -0.15) is 23.0 Å². The minimum absolute atomic E-state index is 0.0529. The zero-order valence-electron chi connectivity index (χ0n) is 11.6. The number of nitriles is 1. The summed E-state index contributed by atoms with van der Waals surface area (Å²) in [6, 6.07) is 9.47. The molecule has 0 saturated heterocycles. The van der Waals surface area contributed by atoms with E-state index in [2.05, 4.69) is 15.3 Å². The van der Waals surface area contributed by atoms with Gasteiger partial charge in [0.25, 0.3) is 0 Å². The third-order valence-electron chi connectivity index (χ3n) is 2.63. The van der Waals surface area contributed by atoms with Crippen molar-refractivity contribution in [3.63, 3.8) is 0 Å². The Bertz CT molecular complexity index is 805. The molecule has 0 bridgehead atoms. The maximum atomic E-state index is 13.7. The molecule has 0 radical (unpaired) electrons. The Morgan fingerprint density at radius 1 is 1.36 bits per heavy atom. The Kier molecular flexibility index (Phi) is 4.53. The van der Waals surface area contributed by atoms with E-state index in [-0.39, 0.29) is 23.0 Å². The molecule has 7 nitrogen and oxygen atoms in total. The number of benzene rings is 1. The molecule has 1 N–H and O–H groups in total. The molecule has 1 aromatic heterocycles. The van der Waals surface area contributed by atoms with Crippen molar-refractivity contribution in [2.75, 3.05) is 16.2 Å².